The molecule has 1 amide bonds. The molecule has 0 unspecified atom stereocenters. The second-order valence-corrected chi connectivity index (χ2v) is 11.8. The maximum absolute atomic E-state index is 14.4. The summed E-state index contributed by atoms with van der Waals surface area (Å²) in [5, 5.41) is 13.6. The number of hydrogen-bond donors (Lipinski definition) is 0. The van der Waals surface area contributed by atoms with Crippen LogP contribution >= 0.6 is 11.3 Å². The Kier molecular flexibility index (Phi) is 8.52. The van der Waals surface area contributed by atoms with E-state index in [0.717, 1.165) is 10.8 Å². The van der Waals surface area contributed by atoms with Gasteiger partial charge in [-0.2, -0.15) is 0 Å². The molecule has 0 saturated carbocycles. The lowest BCUT2D eigenvalue weighted by Gasteiger charge is -2.30. The van der Waals surface area contributed by atoms with Gasteiger partial charge < -0.3 is 18.8 Å². The highest BCUT2D eigenvalue weighted by Gasteiger charge is 2.36. The molecule has 3 heterocycles. The van der Waals surface area contributed by atoms with Gasteiger partial charge in [0.2, 0.25) is 0 Å². The summed E-state index contributed by atoms with van der Waals surface area (Å²) in [4.78, 5) is 46.7. The van der Waals surface area contributed by atoms with E-state index in [9.17, 15) is 19.7 Å². The van der Waals surface area contributed by atoms with Crippen LogP contribution in [-0.2, 0) is 4.79 Å². The molecule has 47 heavy (non-hydrogen) atoms. The van der Waals surface area contributed by atoms with Crippen molar-refractivity contribution in [1.29, 1.82) is 0 Å². The smallest absolute Gasteiger partial charge is 0.284 e. The van der Waals surface area contributed by atoms with Crippen molar-refractivity contribution in [3.8, 4) is 22.8 Å². The van der Waals surface area contributed by atoms with Gasteiger partial charge in [-0.1, -0.05) is 41.7 Å². The second-order valence-electron chi connectivity index (χ2n) is 10.8. The van der Waals surface area contributed by atoms with Gasteiger partial charge in [0.05, 0.1) is 46.6 Å². The van der Waals surface area contributed by atoms with Crippen LogP contribution in [-0.4, -0.2) is 47.6 Å². The molecule has 1 aliphatic heterocycles. The quantitative estimate of drug-likeness (QED) is 0.153. The lowest BCUT2D eigenvalue weighted by atomic mass is 9.90. The standard InChI is InChI=1S/C35H32N4O7S/c1-6-37(7-2)34(41)30-20(3)36-35-38(32(30)31-24-11-9-8-10-21(24)12-16-28(31)45-5)33(40)29(47-35)19-23-14-17-27(46-23)25-15-13-22(44-4)18-26(25)39(42)43/h8-19,32H,6-7H2,1-5H3/b29-19+/t32-/m0/s1. The van der Waals surface area contributed by atoms with E-state index in [0.29, 0.717) is 56.5 Å². The molecule has 0 spiro atoms. The summed E-state index contributed by atoms with van der Waals surface area (Å²) in [7, 11) is 3.01. The van der Waals surface area contributed by atoms with Crippen LogP contribution in [0.1, 0.15) is 38.1 Å². The molecule has 5 aromatic rings. The number of hydrogen-bond acceptors (Lipinski definition) is 9. The van der Waals surface area contributed by atoms with Crippen LogP contribution in [0.25, 0.3) is 28.2 Å². The fourth-order valence-electron chi connectivity index (χ4n) is 5.99. The predicted octanol–water partition coefficient (Wildman–Crippen LogP) is 5.44. The number of allylic oxidation sites excluding steroid dienone is 1. The molecule has 0 N–H and O–H groups in total. The summed E-state index contributed by atoms with van der Waals surface area (Å²) in [6.07, 6.45) is 1.59. The Bertz CT molecular complexity index is 2260. The highest BCUT2D eigenvalue weighted by Crippen LogP contribution is 2.40. The molecule has 11 nitrogen and oxygen atoms in total. The first-order valence-corrected chi connectivity index (χ1v) is 15.8. The van der Waals surface area contributed by atoms with Crippen molar-refractivity contribution in [1.82, 2.24) is 9.47 Å². The molecule has 0 bridgehead atoms. The van der Waals surface area contributed by atoms with Gasteiger partial charge >= 0.3 is 0 Å². The normalized spacial score (nSPS) is 14.6. The minimum Gasteiger partial charge on any atom is -0.497 e. The van der Waals surface area contributed by atoms with Crippen molar-refractivity contribution in [2.45, 2.75) is 26.8 Å². The van der Waals surface area contributed by atoms with E-state index in [1.165, 1.54) is 24.5 Å². The number of methoxy groups -OCH3 is 2. The third kappa shape index (κ3) is 5.50. The Balaban J connectivity index is 1.56. The van der Waals surface area contributed by atoms with Gasteiger partial charge in [0.25, 0.3) is 17.2 Å². The monoisotopic (exact) mass is 652 g/mol. The number of carbonyl (C=O) groups excluding carboxylic acids is 1. The lowest BCUT2D eigenvalue weighted by Crippen LogP contribution is -2.43. The first-order valence-electron chi connectivity index (χ1n) is 15.0. The first kappa shape index (κ1) is 31.5. The van der Waals surface area contributed by atoms with Crippen LogP contribution in [0.3, 0.4) is 0 Å². The zero-order valence-corrected chi connectivity index (χ0v) is 27.3. The van der Waals surface area contributed by atoms with E-state index in [4.69, 9.17) is 18.9 Å². The van der Waals surface area contributed by atoms with Crippen molar-refractivity contribution in [2.24, 2.45) is 4.99 Å². The Morgan fingerprint density at radius 2 is 1.85 bits per heavy atom. The largest absolute Gasteiger partial charge is 0.497 e. The van der Waals surface area contributed by atoms with E-state index in [1.54, 1.807) is 53.8 Å². The van der Waals surface area contributed by atoms with Gasteiger partial charge in [0.15, 0.2) is 4.80 Å². The first-order chi connectivity index (χ1) is 22.7. The number of nitro groups is 1. The molecule has 0 aliphatic carbocycles. The fourth-order valence-corrected chi connectivity index (χ4v) is 7.01. The van der Waals surface area contributed by atoms with Gasteiger partial charge in [-0.25, -0.2) is 4.99 Å². The predicted molar refractivity (Wildman–Crippen MR) is 180 cm³/mol. The number of rotatable bonds is 9. The molecule has 12 heteroatoms. The van der Waals surface area contributed by atoms with Crippen LogP contribution < -0.4 is 24.4 Å². The summed E-state index contributed by atoms with van der Waals surface area (Å²) >= 11 is 1.17. The Hall–Kier alpha value is -5.49. The number of amides is 1. The molecule has 6 rings (SSSR count). The van der Waals surface area contributed by atoms with E-state index in [-0.39, 0.29) is 28.5 Å². The average molecular weight is 653 g/mol. The summed E-state index contributed by atoms with van der Waals surface area (Å²) in [6, 6.07) is 18.5. The number of carbonyl (C=O) groups is 1. The zero-order valence-electron chi connectivity index (χ0n) is 26.5. The number of benzene rings is 3. The molecule has 1 aliphatic rings. The zero-order chi connectivity index (χ0) is 33.4. The van der Waals surface area contributed by atoms with Crippen molar-refractivity contribution in [3.05, 3.63) is 119 Å². The number of fused-ring (bicyclic) bond motifs is 2. The molecular formula is C35H32N4O7S. The lowest BCUT2D eigenvalue weighted by molar-refractivity contribution is -0.384. The molecule has 3 aromatic carbocycles. The molecule has 0 fully saturated rings. The number of thiazole rings is 1. The molecule has 2 aromatic heterocycles. The van der Waals surface area contributed by atoms with Crippen LogP contribution in [0.15, 0.2) is 92.2 Å². The SMILES string of the molecule is CCN(CC)C(=O)C1=C(C)N=c2s/c(=C/c3ccc(-c4ccc(OC)cc4[N+](=O)[O-])o3)c(=O)n2[C@@H]1c1c(OC)ccc2ccccc12. The Labute approximate surface area is 273 Å². The molecule has 0 radical (unpaired) electrons. The maximum Gasteiger partial charge on any atom is 0.284 e. The fraction of sp³-hybridized carbons (Fsp3) is 0.229. The van der Waals surface area contributed by atoms with Crippen molar-refractivity contribution < 1.29 is 23.6 Å². The van der Waals surface area contributed by atoms with E-state index < -0.39 is 11.0 Å². The van der Waals surface area contributed by atoms with Gasteiger partial charge in [-0.05, 0) is 61.9 Å². The van der Waals surface area contributed by atoms with E-state index in [1.807, 2.05) is 50.2 Å². The number of aromatic nitrogens is 1. The Morgan fingerprint density at radius 3 is 2.55 bits per heavy atom. The minimum atomic E-state index is -0.823. The summed E-state index contributed by atoms with van der Waals surface area (Å²) < 4.78 is 18.9. The third-order valence-corrected chi connectivity index (χ3v) is 9.28. The molecular weight excluding hydrogens is 620 g/mol. The minimum absolute atomic E-state index is 0.172. The summed E-state index contributed by atoms with van der Waals surface area (Å²) in [5.74, 6) is 1.27. The van der Waals surface area contributed by atoms with E-state index in [2.05, 4.69) is 0 Å². The number of ether oxygens (including phenoxy) is 2. The van der Waals surface area contributed by atoms with Crippen molar-refractivity contribution in [3.63, 3.8) is 0 Å². The van der Waals surface area contributed by atoms with Gasteiger partial charge in [-0.15, -0.1) is 0 Å². The van der Waals surface area contributed by atoms with Crippen LogP contribution in [0.5, 0.6) is 11.5 Å². The number of likely N-dealkylation sites (N-methyl/N-ethyl adjacent to an activating group) is 1. The molecule has 0 saturated heterocycles. The van der Waals surface area contributed by atoms with Crippen molar-refractivity contribution >= 4 is 39.8 Å². The topological polar surface area (TPSA) is 129 Å². The highest BCUT2D eigenvalue weighted by molar-refractivity contribution is 7.07. The van der Waals surface area contributed by atoms with Gasteiger partial charge in [0.1, 0.15) is 29.1 Å². The average Bonchev–Trinajstić information content (AvgIpc) is 3.67. The highest BCUT2D eigenvalue weighted by atomic mass is 32.1. The molecule has 1 atom stereocenters. The van der Waals surface area contributed by atoms with Crippen LogP contribution in [0.4, 0.5) is 5.69 Å². The Morgan fingerprint density at radius 1 is 1.09 bits per heavy atom. The van der Waals surface area contributed by atoms with E-state index >= 15 is 0 Å². The number of nitro benzene ring substituents is 1. The van der Waals surface area contributed by atoms with Gasteiger partial charge in [0, 0.05) is 24.7 Å². The summed E-state index contributed by atoms with van der Waals surface area (Å²) in [5.41, 5.74) is 1.34. The third-order valence-electron chi connectivity index (χ3n) is 8.29. The maximum atomic E-state index is 14.4. The number of nitrogens with zero attached hydrogens (tertiary/aromatic N) is 4. The second kappa shape index (κ2) is 12.7. The number of furan rings is 1. The summed E-state index contributed by atoms with van der Waals surface area (Å²) in [6.45, 7) is 6.60. The van der Waals surface area contributed by atoms with Crippen LogP contribution in [0, 0.1) is 10.1 Å². The van der Waals surface area contributed by atoms with Gasteiger partial charge in [-0.3, -0.25) is 24.3 Å². The molecule has 240 valence electrons. The van der Waals surface area contributed by atoms with Crippen molar-refractivity contribution in [2.75, 3.05) is 27.3 Å². The van der Waals surface area contributed by atoms with Crippen LogP contribution in [0.2, 0.25) is 0 Å².